The molecule has 0 radical (unpaired) electrons. The monoisotopic (exact) mass is 395 g/mol. The zero-order valence-corrected chi connectivity index (χ0v) is 17.5. The summed E-state index contributed by atoms with van der Waals surface area (Å²) in [5.41, 5.74) is 2.86. The number of carbonyl (C=O) groups is 1. The minimum Gasteiger partial charge on any atom is -0.497 e. The summed E-state index contributed by atoms with van der Waals surface area (Å²) in [6.07, 6.45) is 1.68. The molecule has 1 N–H and O–H groups in total. The van der Waals surface area contributed by atoms with E-state index in [2.05, 4.69) is 41.4 Å². The highest BCUT2D eigenvalue weighted by atomic mass is 16.5. The van der Waals surface area contributed by atoms with Crippen molar-refractivity contribution in [2.75, 3.05) is 19.5 Å². The van der Waals surface area contributed by atoms with Gasteiger partial charge in [-0.3, -0.25) is 9.78 Å². The van der Waals surface area contributed by atoms with Crippen LogP contribution < -0.4 is 14.8 Å². The van der Waals surface area contributed by atoms with E-state index in [1.165, 1.54) is 0 Å². The molecule has 2 aromatic heterocycles. The lowest BCUT2D eigenvalue weighted by Crippen LogP contribution is -2.17. The number of ether oxygens (including phenoxy) is 2. The van der Waals surface area contributed by atoms with Crippen molar-refractivity contribution in [3.05, 3.63) is 53.6 Å². The molecule has 0 aliphatic carbocycles. The van der Waals surface area contributed by atoms with E-state index in [4.69, 9.17) is 9.47 Å². The zero-order valence-electron chi connectivity index (χ0n) is 17.5. The van der Waals surface area contributed by atoms with E-state index in [9.17, 15) is 4.79 Å². The number of hydrogen-bond donors (Lipinski definition) is 1. The second kappa shape index (κ2) is 7.90. The molecule has 8 heteroatoms. The van der Waals surface area contributed by atoms with Gasteiger partial charge in [0.15, 0.2) is 5.69 Å². The maximum atomic E-state index is 12.8. The van der Waals surface area contributed by atoms with Gasteiger partial charge in [0.1, 0.15) is 17.2 Å². The SMILES string of the molecule is COc1ccc(OC)c(-n2nnc(C(=O)Nc3ccnc(C(C)(C)C)c3)c2C)c1. The van der Waals surface area contributed by atoms with Crippen LogP contribution in [0.25, 0.3) is 5.69 Å². The molecular formula is C21H25N5O3. The van der Waals surface area contributed by atoms with Crippen molar-refractivity contribution in [2.24, 2.45) is 0 Å². The molecule has 0 aliphatic heterocycles. The fourth-order valence-corrected chi connectivity index (χ4v) is 2.84. The van der Waals surface area contributed by atoms with Crippen LogP contribution in [0.2, 0.25) is 0 Å². The van der Waals surface area contributed by atoms with Crippen molar-refractivity contribution in [3.8, 4) is 17.2 Å². The van der Waals surface area contributed by atoms with Crippen LogP contribution in [0.3, 0.4) is 0 Å². The average Bonchev–Trinajstić information content (AvgIpc) is 3.08. The molecule has 29 heavy (non-hydrogen) atoms. The molecule has 3 aromatic rings. The Morgan fingerprint density at radius 2 is 1.86 bits per heavy atom. The number of amides is 1. The number of benzene rings is 1. The van der Waals surface area contributed by atoms with Crippen LogP contribution in [0.4, 0.5) is 5.69 Å². The molecule has 2 heterocycles. The Hall–Kier alpha value is -3.42. The van der Waals surface area contributed by atoms with Gasteiger partial charge in [0.05, 0.1) is 19.9 Å². The van der Waals surface area contributed by atoms with Gasteiger partial charge in [-0.15, -0.1) is 5.10 Å². The number of hydrogen-bond acceptors (Lipinski definition) is 6. The predicted octanol–water partition coefficient (Wildman–Crippen LogP) is 3.54. The third kappa shape index (κ3) is 4.21. The van der Waals surface area contributed by atoms with Crippen molar-refractivity contribution in [1.82, 2.24) is 20.0 Å². The number of methoxy groups -OCH3 is 2. The molecule has 0 atom stereocenters. The van der Waals surface area contributed by atoms with Crippen LogP contribution in [0.1, 0.15) is 42.6 Å². The van der Waals surface area contributed by atoms with Crippen LogP contribution in [0, 0.1) is 6.92 Å². The van der Waals surface area contributed by atoms with Crippen molar-refractivity contribution < 1.29 is 14.3 Å². The fourth-order valence-electron chi connectivity index (χ4n) is 2.84. The molecule has 0 spiro atoms. The summed E-state index contributed by atoms with van der Waals surface area (Å²) in [7, 11) is 3.15. The van der Waals surface area contributed by atoms with E-state index in [1.807, 2.05) is 6.07 Å². The first-order chi connectivity index (χ1) is 13.7. The van der Waals surface area contributed by atoms with Crippen LogP contribution >= 0.6 is 0 Å². The van der Waals surface area contributed by atoms with Gasteiger partial charge >= 0.3 is 0 Å². The molecule has 1 amide bonds. The minimum absolute atomic E-state index is 0.122. The van der Waals surface area contributed by atoms with Crippen molar-refractivity contribution in [3.63, 3.8) is 0 Å². The van der Waals surface area contributed by atoms with E-state index < -0.39 is 0 Å². The summed E-state index contributed by atoms with van der Waals surface area (Å²) in [5.74, 6) is 0.893. The van der Waals surface area contributed by atoms with Gasteiger partial charge in [-0.1, -0.05) is 26.0 Å². The molecule has 0 aliphatic rings. The summed E-state index contributed by atoms with van der Waals surface area (Å²) in [5, 5.41) is 11.1. The highest BCUT2D eigenvalue weighted by Gasteiger charge is 2.21. The van der Waals surface area contributed by atoms with Gasteiger partial charge in [-0.25, -0.2) is 4.68 Å². The summed E-state index contributed by atoms with van der Waals surface area (Å²) >= 11 is 0. The highest BCUT2D eigenvalue weighted by molar-refractivity contribution is 6.03. The molecule has 0 saturated heterocycles. The van der Waals surface area contributed by atoms with Crippen molar-refractivity contribution in [1.29, 1.82) is 0 Å². The summed E-state index contributed by atoms with van der Waals surface area (Å²) in [6, 6.07) is 8.96. The Balaban J connectivity index is 1.91. The maximum absolute atomic E-state index is 12.8. The largest absolute Gasteiger partial charge is 0.497 e. The number of aromatic nitrogens is 4. The molecule has 3 rings (SSSR count). The van der Waals surface area contributed by atoms with Gasteiger partial charge in [0.25, 0.3) is 5.91 Å². The zero-order chi connectivity index (χ0) is 21.2. The summed E-state index contributed by atoms with van der Waals surface area (Å²) < 4.78 is 12.3. The molecule has 0 unspecified atom stereocenters. The predicted molar refractivity (Wildman–Crippen MR) is 110 cm³/mol. The molecule has 0 saturated carbocycles. The standard InChI is InChI=1S/C21H25N5O3/c1-13-19(20(27)23-14-9-10-22-18(11-14)21(2,3)4)24-25-26(13)16-12-15(28-5)7-8-17(16)29-6/h7-12H,1-6H3,(H,22,23,27). The second-order valence-electron chi connectivity index (χ2n) is 7.61. The number of anilines is 1. The first-order valence-electron chi connectivity index (χ1n) is 9.17. The molecule has 0 fully saturated rings. The first-order valence-corrected chi connectivity index (χ1v) is 9.17. The first kappa shape index (κ1) is 20.3. The normalized spacial score (nSPS) is 11.2. The number of rotatable bonds is 5. The van der Waals surface area contributed by atoms with Crippen molar-refractivity contribution >= 4 is 11.6 Å². The minimum atomic E-state index is -0.346. The Morgan fingerprint density at radius 1 is 1.10 bits per heavy atom. The van der Waals surface area contributed by atoms with Gasteiger partial charge in [-0.2, -0.15) is 0 Å². The van der Waals surface area contributed by atoms with E-state index in [1.54, 1.807) is 56.3 Å². The third-order valence-corrected chi connectivity index (χ3v) is 4.51. The molecule has 0 bridgehead atoms. The van der Waals surface area contributed by atoms with E-state index in [0.29, 0.717) is 28.6 Å². The Morgan fingerprint density at radius 3 is 2.52 bits per heavy atom. The van der Waals surface area contributed by atoms with Gasteiger partial charge in [0, 0.05) is 29.1 Å². The lowest BCUT2D eigenvalue weighted by atomic mass is 9.91. The van der Waals surface area contributed by atoms with Gasteiger partial charge in [-0.05, 0) is 31.2 Å². The summed E-state index contributed by atoms with van der Waals surface area (Å²) in [6.45, 7) is 7.98. The quantitative estimate of drug-likeness (QED) is 0.711. The Bertz CT molecular complexity index is 1040. The van der Waals surface area contributed by atoms with E-state index in [-0.39, 0.29) is 17.0 Å². The smallest absolute Gasteiger partial charge is 0.278 e. The highest BCUT2D eigenvalue weighted by Crippen LogP contribution is 2.28. The molecule has 1 aromatic carbocycles. The Kier molecular flexibility index (Phi) is 5.54. The van der Waals surface area contributed by atoms with Crippen LogP contribution in [-0.4, -0.2) is 40.1 Å². The molecule has 152 valence electrons. The lowest BCUT2D eigenvalue weighted by molar-refractivity contribution is 0.102. The van der Waals surface area contributed by atoms with Crippen LogP contribution in [0.15, 0.2) is 36.5 Å². The van der Waals surface area contributed by atoms with Crippen molar-refractivity contribution in [2.45, 2.75) is 33.1 Å². The maximum Gasteiger partial charge on any atom is 0.278 e. The molecular weight excluding hydrogens is 370 g/mol. The number of carbonyl (C=O) groups excluding carboxylic acids is 1. The van der Waals surface area contributed by atoms with E-state index in [0.717, 1.165) is 5.69 Å². The van der Waals surface area contributed by atoms with Gasteiger partial charge < -0.3 is 14.8 Å². The summed E-state index contributed by atoms with van der Waals surface area (Å²) in [4.78, 5) is 17.2. The lowest BCUT2D eigenvalue weighted by Gasteiger charge is -2.18. The number of nitrogens with zero attached hydrogens (tertiary/aromatic N) is 4. The Labute approximate surface area is 169 Å². The topological polar surface area (TPSA) is 91.2 Å². The number of nitrogens with one attached hydrogen (secondary N) is 1. The van der Waals surface area contributed by atoms with E-state index >= 15 is 0 Å². The van der Waals surface area contributed by atoms with Crippen LogP contribution in [0.5, 0.6) is 11.5 Å². The second-order valence-corrected chi connectivity index (χ2v) is 7.61. The third-order valence-electron chi connectivity index (χ3n) is 4.51. The molecule has 8 nitrogen and oxygen atoms in total. The van der Waals surface area contributed by atoms with Crippen LogP contribution in [-0.2, 0) is 5.41 Å². The number of pyridine rings is 1. The fraction of sp³-hybridized carbons (Fsp3) is 0.333. The van der Waals surface area contributed by atoms with Gasteiger partial charge in [0.2, 0.25) is 0 Å². The average molecular weight is 395 g/mol.